The molecule has 18 heteroatoms. The van der Waals surface area contributed by atoms with Crippen molar-refractivity contribution < 1.29 is 47.7 Å². The molecule has 0 aromatic heterocycles. The van der Waals surface area contributed by atoms with Gasteiger partial charge >= 0.3 is 0 Å². The Morgan fingerprint density at radius 3 is 1.09 bits per heavy atom. The van der Waals surface area contributed by atoms with Crippen LogP contribution >= 0.6 is 23.2 Å². The van der Waals surface area contributed by atoms with Crippen molar-refractivity contribution in [2.75, 3.05) is 94.1 Å². The summed E-state index contributed by atoms with van der Waals surface area (Å²) in [4.78, 5) is 89.8. The first-order valence-corrected chi connectivity index (χ1v) is 26.1. The summed E-state index contributed by atoms with van der Waals surface area (Å²) < 4.78 is 21.1. The van der Waals surface area contributed by atoms with E-state index >= 15 is 0 Å². The fraction of sp³-hybridized carbons (Fsp3) is 0.464. The summed E-state index contributed by atoms with van der Waals surface area (Å²) in [6.45, 7) is 4.46. The van der Waals surface area contributed by atoms with Gasteiger partial charge in [-0.05, 0) is 108 Å². The topological polar surface area (TPSA) is 176 Å². The lowest BCUT2D eigenvalue weighted by atomic mass is 9.98. The van der Waals surface area contributed by atoms with Crippen LogP contribution in [0.15, 0.2) is 72.8 Å². The zero-order chi connectivity index (χ0) is 53.0. The summed E-state index contributed by atoms with van der Waals surface area (Å²) in [5.74, 6) is -1.44. The zero-order valence-electron chi connectivity index (χ0n) is 43.1. The highest BCUT2D eigenvalue weighted by molar-refractivity contribution is 6.30. The number of carbonyl (C=O) groups excluding carboxylic acids is 6. The van der Waals surface area contributed by atoms with Gasteiger partial charge in [0.15, 0.2) is 0 Å². The van der Waals surface area contributed by atoms with Crippen LogP contribution < -0.4 is 10.6 Å². The zero-order valence-corrected chi connectivity index (χ0v) is 44.6. The van der Waals surface area contributed by atoms with Crippen molar-refractivity contribution in [3.8, 4) is 0 Å². The number of fused-ring (bicyclic) bond motifs is 2. The maximum Gasteiger partial charge on any atom is 0.254 e. The second-order valence-electron chi connectivity index (χ2n) is 18.6. The van der Waals surface area contributed by atoms with Crippen LogP contribution in [0.5, 0.6) is 0 Å². The Labute approximate surface area is 444 Å². The quantitative estimate of drug-likeness (QED) is 0.0532. The summed E-state index contributed by atoms with van der Waals surface area (Å²) in [6, 6.07) is 21.8. The molecule has 6 rings (SSSR count). The second kappa shape index (κ2) is 29.3. The van der Waals surface area contributed by atoms with Gasteiger partial charge in [0, 0.05) is 117 Å². The van der Waals surface area contributed by atoms with Crippen LogP contribution in [-0.2, 0) is 67.6 Å². The van der Waals surface area contributed by atoms with Crippen molar-refractivity contribution in [3.63, 3.8) is 0 Å². The number of benzene rings is 4. The molecule has 2 aliphatic rings. The van der Waals surface area contributed by atoms with E-state index in [9.17, 15) is 28.8 Å². The van der Waals surface area contributed by atoms with Crippen LogP contribution in [0.25, 0.3) is 0 Å². The monoisotopic (exact) mass is 1060 g/mol. The molecule has 74 heavy (non-hydrogen) atoms. The molecule has 0 bridgehead atoms. The van der Waals surface area contributed by atoms with E-state index < -0.39 is 0 Å². The number of nitrogens with one attached hydrogen (secondary N) is 2. The first-order valence-electron chi connectivity index (χ1n) is 25.3. The van der Waals surface area contributed by atoms with Gasteiger partial charge in [0.05, 0.1) is 48.7 Å². The Bertz CT molecular complexity index is 2370. The molecule has 0 atom stereocenters. The minimum Gasteiger partial charge on any atom is -0.383 e. The molecule has 0 saturated carbocycles. The molecule has 4 aromatic carbocycles. The van der Waals surface area contributed by atoms with Gasteiger partial charge in [-0.3, -0.25) is 28.8 Å². The number of nitrogens with zero attached hydrogens (tertiary/aromatic N) is 4. The molecule has 2 N–H and O–H groups in total. The third-order valence-electron chi connectivity index (χ3n) is 13.4. The van der Waals surface area contributed by atoms with Crippen molar-refractivity contribution >= 4 is 58.6 Å². The highest BCUT2D eigenvalue weighted by Gasteiger charge is 2.31. The number of carbonyl (C=O) groups is 6. The van der Waals surface area contributed by atoms with Crippen LogP contribution in [0, 0.1) is 0 Å². The second-order valence-corrected chi connectivity index (χ2v) is 19.4. The van der Waals surface area contributed by atoms with Crippen LogP contribution in [0.4, 0.5) is 0 Å². The SMILES string of the molecule is COCCN(CCOC)C(=O)c1cc2c(cc1C(=O)NCCc1ccc(Cl)cc1)CN(C(=O)CCCCCCC(=O)N1Cc3cc(C(=O)NCCc4ccc(Cl)cc4)c(C(=O)N(CCOC)CCOC)cc3C1)C2. The molecule has 16 nitrogen and oxygen atoms in total. The average Bonchev–Trinajstić information content (AvgIpc) is 4.04. The Balaban J connectivity index is 1.02. The number of hydrogen-bond acceptors (Lipinski definition) is 10. The normalized spacial score (nSPS) is 12.6. The predicted octanol–water partition coefficient (Wildman–Crippen LogP) is 7.13. The van der Waals surface area contributed by atoms with Gasteiger partial charge in [0.1, 0.15) is 0 Å². The van der Waals surface area contributed by atoms with Gasteiger partial charge in [-0.1, -0.05) is 60.3 Å². The van der Waals surface area contributed by atoms with E-state index in [-0.39, 0.29) is 57.7 Å². The van der Waals surface area contributed by atoms with E-state index in [0.29, 0.717) is 140 Å². The standard InChI is InChI=1S/C56H70Cl2N6O10/c1-71-27-23-61(24-28-72-2)55(69)49-33-43-37-63(35-41(43)31-47(49)53(67)59-21-19-39-11-15-45(57)16-12-39)51(65)9-7-5-6-8-10-52(66)64-36-42-32-48(54(68)60-22-20-40-13-17-46(58)18-14-40)50(34-44(42)38-64)56(70)62(25-29-73-3)26-30-74-4/h11-18,31-34H,5-10,19-30,35-38H2,1-4H3,(H,59,67)(H,60,68). The first kappa shape index (κ1) is 57.4. The van der Waals surface area contributed by atoms with E-state index in [1.165, 1.54) is 0 Å². The lowest BCUT2D eigenvalue weighted by Crippen LogP contribution is -2.38. The number of rotatable bonds is 29. The van der Waals surface area contributed by atoms with Crippen LogP contribution in [-0.4, -0.2) is 149 Å². The first-order chi connectivity index (χ1) is 35.8. The van der Waals surface area contributed by atoms with Gasteiger partial charge < -0.3 is 49.2 Å². The smallest absolute Gasteiger partial charge is 0.254 e. The highest BCUT2D eigenvalue weighted by atomic mass is 35.5. The Morgan fingerprint density at radius 2 is 0.784 bits per heavy atom. The van der Waals surface area contributed by atoms with Gasteiger partial charge in [0.2, 0.25) is 11.8 Å². The van der Waals surface area contributed by atoms with Crippen LogP contribution in [0.1, 0.15) is 113 Å². The van der Waals surface area contributed by atoms with E-state index in [2.05, 4.69) is 10.6 Å². The van der Waals surface area contributed by atoms with Gasteiger partial charge in [-0.2, -0.15) is 0 Å². The molecule has 0 aliphatic carbocycles. The van der Waals surface area contributed by atoms with E-state index in [0.717, 1.165) is 46.2 Å². The number of unbranched alkanes of at least 4 members (excludes halogenated alkanes) is 3. The lowest BCUT2D eigenvalue weighted by Gasteiger charge is -2.23. The molecule has 2 heterocycles. The molecule has 0 saturated heterocycles. The molecule has 6 amide bonds. The van der Waals surface area contributed by atoms with Crippen molar-refractivity contribution in [3.05, 3.63) is 138 Å². The summed E-state index contributed by atoms with van der Waals surface area (Å²) >= 11 is 12.1. The van der Waals surface area contributed by atoms with Crippen molar-refractivity contribution in [2.45, 2.75) is 77.5 Å². The minimum absolute atomic E-state index is 0.0243. The minimum atomic E-state index is -0.377. The Hall–Kier alpha value is -5.88. The van der Waals surface area contributed by atoms with E-state index in [4.69, 9.17) is 42.1 Å². The summed E-state index contributed by atoms with van der Waals surface area (Å²) in [5, 5.41) is 7.22. The van der Waals surface area contributed by atoms with Gasteiger partial charge in [-0.25, -0.2) is 0 Å². The largest absolute Gasteiger partial charge is 0.383 e. The van der Waals surface area contributed by atoms with E-state index in [1.807, 2.05) is 24.3 Å². The van der Waals surface area contributed by atoms with Crippen molar-refractivity contribution in [1.82, 2.24) is 30.2 Å². The third kappa shape index (κ3) is 16.3. The summed E-state index contributed by atoms with van der Waals surface area (Å²) in [5.41, 5.74) is 6.31. The van der Waals surface area contributed by atoms with Gasteiger partial charge in [-0.15, -0.1) is 0 Å². The number of hydrogen-bond donors (Lipinski definition) is 2. The maximum absolute atomic E-state index is 14.1. The molecule has 0 radical (unpaired) electrons. The van der Waals surface area contributed by atoms with Crippen LogP contribution in [0.2, 0.25) is 10.0 Å². The summed E-state index contributed by atoms with van der Waals surface area (Å²) in [6.07, 6.45) is 4.58. The summed E-state index contributed by atoms with van der Waals surface area (Å²) in [7, 11) is 6.26. The molecular formula is C56H70Cl2N6O10. The Morgan fingerprint density at radius 1 is 0.473 bits per heavy atom. The third-order valence-corrected chi connectivity index (χ3v) is 13.9. The predicted molar refractivity (Wildman–Crippen MR) is 283 cm³/mol. The fourth-order valence-corrected chi connectivity index (χ4v) is 9.37. The van der Waals surface area contributed by atoms with Crippen LogP contribution in [0.3, 0.4) is 0 Å². The van der Waals surface area contributed by atoms with Crippen molar-refractivity contribution in [2.24, 2.45) is 0 Å². The number of methoxy groups -OCH3 is 4. The average molecular weight is 1060 g/mol. The number of amides is 6. The molecule has 4 aromatic rings. The molecular weight excluding hydrogens is 988 g/mol. The molecule has 0 unspecified atom stereocenters. The van der Waals surface area contributed by atoms with Crippen molar-refractivity contribution in [1.29, 1.82) is 0 Å². The molecule has 0 fully saturated rings. The molecule has 0 spiro atoms. The maximum atomic E-state index is 14.1. The van der Waals surface area contributed by atoms with Gasteiger partial charge in [0.25, 0.3) is 23.6 Å². The fourth-order valence-electron chi connectivity index (χ4n) is 9.12. The number of ether oxygens (including phenoxy) is 4. The molecule has 2 aliphatic heterocycles. The molecule has 398 valence electrons. The highest BCUT2D eigenvalue weighted by Crippen LogP contribution is 2.30. The lowest BCUT2D eigenvalue weighted by molar-refractivity contribution is -0.132. The Kier molecular flexibility index (Phi) is 22.7. The number of halogens is 2. The van der Waals surface area contributed by atoms with E-state index in [1.54, 1.807) is 96.6 Å².